The molecule has 0 aliphatic heterocycles. The van der Waals surface area contributed by atoms with Crippen molar-refractivity contribution in [2.45, 2.75) is 13.1 Å². The summed E-state index contributed by atoms with van der Waals surface area (Å²) in [6, 6.07) is 11.4. The number of pyridine rings is 1. The van der Waals surface area contributed by atoms with E-state index in [9.17, 15) is 0 Å². The number of rotatable bonds is 4. The van der Waals surface area contributed by atoms with Crippen LogP contribution in [0.3, 0.4) is 0 Å². The molecule has 0 spiro atoms. The van der Waals surface area contributed by atoms with Gasteiger partial charge in [-0.15, -0.1) is 10.2 Å². The molecule has 0 atom stereocenters. The first-order valence-corrected chi connectivity index (χ1v) is 6.93. The monoisotopic (exact) mass is 306 g/mol. The highest BCUT2D eigenvalue weighted by Crippen LogP contribution is 2.22. The molecule has 0 saturated carbocycles. The fraction of sp³-hybridized carbons (Fsp3) is 0.143. The van der Waals surface area contributed by atoms with Gasteiger partial charge in [-0.1, -0.05) is 35.3 Å². The minimum atomic E-state index is 0.568. The van der Waals surface area contributed by atoms with E-state index in [2.05, 4.69) is 15.5 Å². The lowest BCUT2D eigenvalue weighted by Crippen LogP contribution is -2.14. The van der Waals surface area contributed by atoms with E-state index in [0.29, 0.717) is 23.1 Å². The molecule has 102 valence electrons. The summed E-state index contributed by atoms with van der Waals surface area (Å²) < 4.78 is 1.96. The third-order valence-corrected chi connectivity index (χ3v) is 3.72. The van der Waals surface area contributed by atoms with Crippen molar-refractivity contribution in [3.63, 3.8) is 0 Å². The molecule has 0 radical (unpaired) electrons. The second-order valence-corrected chi connectivity index (χ2v) is 5.21. The lowest BCUT2D eigenvalue weighted by Gasteiger charge is -2.05. The summed E-state index contributed by atoms with van der Waals surface area (Å²) >= 11 is 11.9. The molecule has 2 aromatic heterocycles. The lowest BCUT2D eigenvalue weighted by atomic mass is 10.2. The maximum absolute atomic E-state index is 5.98. The molecule has 0 bridgehead atoms. The molecule has 20 heavy (non-hydrogen) atoms. The van der Waals surface area contributed by atoms with Gasteiger partial charge in [-0.2, -0.15) is 0 Å². The Kier molecular flexibility index (Phi) is 3.87. The van der Waals surface area contributed by atoms with Crippen molar-refractivity contribution in [3.05, 3.63) is 64.0 Å². The van der Waals surface area contributed by atoms with Crippen LogP contribution in [0.15, 0.2) is 42.6 Å². The smallest absolute Gasteiger partial charge is 0.160 e. The van der Waals surface area contributed by atoms with Crippen LogP contribution in [-0.4, -0.2) is 14.6 Å². The number of nitrogens with zero attached hydrogens (tertiary/aromatic N) is 3. The first-order valence-electron chi connectivity index (χ1n) is 6.17. The molecule has 0 fully saturated rings. The zero-order valence-corrected chi connectivity index (χ0v) is 12.1. The molecule has 3 rings (SSSR count). The van der Waals surface area contributed by atoms with Gasteiger partial charge in [0.1, 0.15) is 0 Å². The largest absolute Gasteiger partial charge is 0.306 e. The van der Waals surface area contributed by atoms with Crippen molar-refractivity contribution in [2.75, 3.05) is 0 Å². The number of hydrogen-bond donors (Lipinski definition) is 1. The van der Waals surface area contributed by atoms with E-state index in [1.165, 1.54) is 0 Å². The molecule has 6 heteroatoms. The highest BCUT2D eigenvalue weighted by atomic mass is 35.5. The van der Waals surface area contributed by atoms with Crippen LogP contribution in [-0.2, 0) is 13.1 Å². The van der Waals surface area contributed by atoms with Crippen LogP contribution in [0.1, 0.15) is 11.4 Å². The average molecular weight is 307 g/mol. The highest BCUT2D eigenvalue weighted by Gasteiger charge is 2.04. The fourth-order valence-electron chi connectivity index (χ4n) is 1.98. The Labute approximate surface area is 126 Å². The number of aromatic nitrogens is 3. The molecule has 3 aromatic rings. The van der Waals surface area contributed by atoms with Crippen LogP contribution in [0, 0.1) is 0 Å². The van der Waals surface area contributed by atoms with E-state index in [-0.39, 0.29) is 0 Å². The van der Waals surface area contributed by atoms with Gasteiger partial charge in [0.15, 0.2) is 11.5 Å². The van der Waals surface area contributed by atoms with Gasteiger partial charge >= 0.3 is 0 Å². The summed E-state index contributed by atoms with van der Waals surface area (Å²) in [5.74, 6) is 0.876. The molecule has 0 unspecified atom stereocenters. The second kappa shape index (κ2) is 5.79. The topological polar surface area (TPSA) is 42.2 Å². The van der Waals surface area contributed by atoms with Crippen molar-refractivity contribution < 1.29 is 0 Å². The van der Waals surface area contributed by atoms with E-state index >= 15 is 0 Å². The average Bonchev–Trinajstić information content (AvgIpc) is 2.86. The van der Waals surface area contributed by atoms with E-state index < -0.39 is 0 Å². The molecule has 0 amide bonds. The minimum Gasteiger partial charge on any atom is -0.306 e. The van der Waals surface area contributed by atoms with Crippen molar-refractivity contribution in [3.8, 4) is 0 Å². The normalized spacial score (nSPS) is 11.1. The molecule has 4 nitrogen and oxygen atoms in total. The Morgan fingerprint density at radius 2 is 1.90 bits per heavy atom. The maximum Gasteiger partial charge on any atom is 0.160 e. The highest BCUT2D eigenvalue weighted by molar-refractivity contribution is 6.42. The maximum atomic E-state index is 5.98. The van der Waals surface area contributed by atoms with Gasteiger partial charge in [0.05, 0.1) is 16.6 Å². The lowest BCUT2D eigenvalue weighted by molar-refractivity contribution is 0.657. The first-order chi connectivity index (χ1) is 9.74. The van der Waals surface area contributed by atoms with Crippen molar-refractivity contribution >= 4 is 28.8 Å². The summed E-state index contributed by atoms with van der Waals surface area (Å²) in [6.07, 6.45) is 1.95. The Hall–Kier alpha value is -1.62. The Balaban J connectivity index is 1.66. The molecule has 0 aliphatic carbocycles. The van der Waals surface area contributed by atoms with Gasteiger partial charge in [-0.05, 0) is 29.8 Å². The van der Waals surface area contributed by atoms with Crippen molar-refractivity contribution in [1.29, 1.82) is 0 Å². The van der Waals surface area contributed by atoms with Gasteiger partial charge in [-0.25, -0.2) is 0 Å². The molecule has 0 saturated heterocycles. The molecular weight excluding hydrogens is 295 g/mol. The summed E-state index contributed by atoms with van der Waals surface area (Å²) in [7, 11) is 0. The molecule has 2 heterocycles. The Morgan fingerprint density at radius 1 is 1.00 bits per heavy atom. The van der Waals surface area contributed by atoms with Crippen LogP contribution < -0.4 is 5.32 Å². The zero-order valence-electron chi connectivity index (χ0n) is 10.6. The quantitative estimate of drug-likeness (QED) is 0.804. The van der Waals surface area contributed by atoms with Crippen molar-refractivity contribution in [2.24, 2.45) is 0 Å². The standard InChI is InChI=1S/C14H12Cl2N4/c15-11-5-4-10(7-12(11)16)8-17-9-14-19-18-13-3-1-2-6-20(13)14/h1-7,17H,8-9H2. The van der Waals surface area contributed by atoms with E-state index in [1.54, 1.807) is 6.07 Å². The van der Waals surface area contributed by atoms with E-state index in [1.807, 2.05) is 40.9 Å². The van der Waals surface area contributed by atoms with Gasteiger partial charge < -0.3 is 5.32 Å². The van der Waals surface area contributed by atoms with Crippen LogP contribution >= 0.6 is 23.2 Å². The molecule has 1 aromatic carbocycles. The third-order valence-electron chi connectivity index (χ3n) is 2.98. The fourth-order valence-corrected chi connectivity index (χ4v) is 2.30. The van der Waals surface area contributed by atoms with Gasteiger partial charge in [-0.3, -0.25) is 4.40 Å². The zero-order chi connectivity index (χ0) is 13.9. The second-order valence-electron chi connectivity index (χ2n) is 4.40. The van der Waals surface area contributed by atoms with Crippen molar-refractivity contribution in [1.82, 2.24) is 19.9 Å². The Bertz CT molecular complexity index is 739. The van der Waals surface area contributed by atoms with E-state index in [0.717, 1.165) is 17.0 Å². The van der Waals surface area contributed by atoms with Crippen LogP contribution in [0.25, 0.3) is 5.65 Å². The van der Waals surface area contributed by atoms with Crippen LogP contribution in [0.2, 0.25) is 10.0 Å². The molecular formula is C14H12Cl2N4. The molecule has 1 N–H and O–H groups in total. The Morgan fingerprint density at radius 3 is 2.75 bits per heavy atom. The number of benzene rings is 1. The van der Waals surface area contributed by atoms with Crippen LogP contribution in [0.5, 0.6) is 0 Å². The summed E-state index contributed by atoms with van der Waals surface area (Å²) in [5.41, 5.74) is 1.92. The molecule has 0 aliphatic rings. The predicted molar refractivity (Wildman–Crippen MR) is 80.0 cm³/mol. The number of hydrogen-bond acceptors (Lipinski definition) is 3. The van der Waals surface area contributed by atoms with Gasteiger partial charge in [0.2, 0.25) is 0 Å². The predicted octanol–water partition coefficient (Wildman–Crippen LogP) is 3.33. The van der Waals surface area contributed by atoms with Gasteiger partial charge in [0.25, 0.3) is 0 Å². The number of fused-ring (bicyclic) bond motifs is 1. The summed E-state index contributed by atoms with van der Waals surface area (Å²) in [5, 5.41) is 12.7. The first kappa shape index (κ1) is 13.4. The summed E-state index contributed by atoms with van der Waals surface area (Å²) in [4.78, 5) is 0. The van der Waals surface area contributed by atoms with E-state index in [4.69, 9.17) is 23.2 Å². The number of nitrogens with one attached hydrogen (secondary N) is 1. The van der Waals surface area contributed by atoms with Crippen LogP contribution in [0.4, 0.5) is 0 Å². The SMILES string of the molecule is Clc1ccc(CNCc2nnc3ccccn23)cc1Cl. The summed E-state index contributed by atoms with van der Waals surface area (Å²) in [6.45, 7) is 1.32. The number of halogens is 2. The van der Waals surface area contributed by atoms with Gasteiger partial charge in [0, 0.05) is 12.7 Å². The third kappa shape index (κ3) is 2.77. The minimum absolute atomic E-state index is 0.568.